The number of rotatable bonds is 11. The molecular formula is C36H41N11O5. The van der Waals surface area contributed by atoms with Crippen molar-refractivity contribution in [3.05, 3.63) is 62.2 Å². The Balaban J connectivity index is 0.000000179. The van der Waals surface area contributed by atoms with Crippen LogP contribution in [-0.2, 0) is 20.7 Å². The van der Waals surface area contributed by atoms with Gasteiger partial charge in [0.25, 0.3) is 5.89 Å². The summed E-state index contributed by atoms with van der Waals surface area (Å²) in [5.41, 5.74) is 3.76. The number of ether oxygens (including phenoxy) is 2. The van der Waals surface area contributed by atoms with Crippen LogP contribution in [0.1, 0.15) is 38.2 Å². The Morgan fingerprint density at radius 2 is 1.90 bits per heavy atom. The summed E-state index contributed by atoms with van der Waals surface area (Å²) in [6.45, 7) is 11.9. The lowest BCUT2D eigenvalue weighted by Gasteiger charge is -2.38. The van der Waals surface area contributed by atoms with E-state index in [9.17, 15) is 9.59 Å². The van der Waals surface area contributed by atoms with Gasteiger partial charge < -0.3 is 39.0 Å². The van der Waals surface area contributed by atoms with Crippen molar-refractivity contribution < 1.29 is 23.5 Å². The van der Waals surface area contributed by atoms with Crippen molar-refractivity contribution in [3.63, 3.8) is 0 Å². The second kappa shape index (κ2) is 16.8. The molecule has 0 unspecified atom stereocenters. The summed E-state index contributed by atoms with van der Waals surface area (Å²) in [4.78, 5) is 51.1. The minimum atomic E-state index is -0.0452. The highest BCUT2D eigenvalue weighted by Gasteiger charge is 2.29. The number of aromatic amines is 2. The summed E-state index contributed by atoms with van der Waals surface area (Å²) in [5, 5.41) is 12.0. The van der Waals surface area contributed by atoms with Gasteiger partial charge in [0, 0.05) is 57.0 Å². The summed E-state index contributed by atoms with van der Waals surface area (Å²) in [7, 11) is 0. The molecule has 2 atom stereocenters. The average molecular weight is 708 g/mol. The van der Waals surface area contributed by atoms with Crippen LogP contribution in [0.15, 0.2) is 61.0 Å². The molecule has 16 nitrogen and oxygen atoms in total. The highest BCUT2D eigenvalue weighted by atomic mass is 16.5. The van der Waals surface area contributed by atoms with Crippen LogP contribution in [0, 0.1) is 12.3 Å². The number of nitrogens with zero attached hydrogens (tertiary/aromatic N) is 8. The maximum atomic E-state index is 12.1. The number of piperidine rings is 2. The van der Waals surface area contributed by atoms with Crippen molar-refractivity contribution in [1.82, 2.24) is 49.9 Å². The molecule has 0 radical (unpaired) electrons. The molecular weight excluding hydrogens is 666 g/mol. The largest absolute Gasteiger partial charge is 0.473 e. The Morgan fingerprint density at radius 3 is 2.65 bits per heavy atom. The van der Waals surface area contributed by atoms with Gasteiger partial charge in [-0.25, -0.2) is 19.9 Å². The minimum absolute atomic E-state index is 0.00795. The van der Waals surface area contributed by atoms with Gasteiger partial charge in [-0.15, -0.1) is 16.6 Å². The van der Waals surface area contributed by atoms with E-state index < -0.39 is 0 Å². The van der Waals surface area contributed by atoms with Gasteiger partial charge in [0.05, 0.1) is 23.8 Å². The number of nitrogens with one attached hydrogen (secondary N) is 3. The predicted octanol–water partition coefficient (Wildman–Crippen LogP) is 3.69. The number of hydrogen-bond acceptors (Lipinski definition) is 12. The van der Waals surface area contributed by atoms with Crippen molar-refractivity contribution in [2.24, 2.45) is 0 Å². The minimum Gasteiger partial charge on any atom is -0.473 e. The maximum absolute atomic E-state index is 12.1. The number of likely N-dealkylation sites (tertiary alicyclic amines) is 2. The van der Waals surface area contributed by atoms with Crippen LogP contribution < -0.4 is 10.1 Å². The Morgan fingerprint density at radius 1 is 1.10 bits per heavy atom. The van der Waals surface area contributed by atoms with Gasteiger partial charge in [-0.2, -0.15) is 0 Å². The number of aromatic nitrogens is 8. The van der Waals surface area contributed by atoms with Gasteiger partial charge >= 0.3 is 0 Å². The average Bonchev–Trinajstić information content (AvgIpc) is 3.95. The van der Waals surface area contributed by atoms with Gasteiger partial charge in [0.2, 0.25) is 24.1 Å². The molecule has 0 bridgehead atoms. The lowest BCUT2D eigenvalue weighted by Crippen LogP contribution is -2.49. The number of fused-ring (bicyclic) bond motifs is 2. The molecule has 2 saturated heterocycles. The van der Waals surface area contributed by atoms with E-state index in [4.69, 9.17) is 20.3 Å². The molecule has 3 N–H and O–H groups in total. The summed E-state index contributed by atoms with van der Waals surface area (Å²) in [5.74, 6) is 3.97. The number of H-pyrrole nitrogens is 2. The lowest BCUT2D eigenvalue weighted by molar-refractivity contribution is -0.129. The third-order valence-electron chi connectivity index (χ3n) is 9.10. The van der Waals surface area contributed by atoms with Crippen LogP contribution in [-0.4, -0.2) is 113 Å². The zero-order valence-corrected chi connectivity index (χ0v) is 29.0. The maximum Gasteiger partial charge on any atom is 0.251 e. The van der Waals surface area contributed by atoms with E-state index in [2.05, 4.69) is 71.4 Å². The van der Waals surface area contributed by atoms with Crippen LogP contribution in [0.4, 0.5) is 5.82 Å². The van der Waals surface area contributed by atoms with E-state index >= 15 is 0 Å². The van der Waals surface area contributed by atoms with E-state index in [-0.39, 0.29) is 30.0 Å². The molecule has 5 aromatic heterocycles. The first-order chi connectivity index (χ1) is 25.4. The highest BCUT2D eigenvalue weighted by molar-refractivity contribution is 5.91. The van der Waals surface area contributed by atoms with Gasteiger partial charge in [0.1, 0.15) is 36.0 Å². The predicted molar refractivity (Wildman–Crippen MR) is 193 cm³/mol. The number of terminal acetylenes is 1. The molecule has 2 amide bonds. The second-order valence-electron chi connectivity index (χ2n) is 12.4. The number of carbonyl (C=O) groups excluding carboxylic acids is 2. The molecule has 0 saturated carbocycles. The molecule has 0 aliphatic carbocycles. The third kappa shape index (κ3) is 8.27. The van der Waals surface area contributed by atoms with Gasteiger partial charge in [-0.05, 0) is 43.9 Å². The molecule has 16 heteroatoms. The van der Waals surface area contributed by atoms with E-state index in [1.54, 1.807) is 17.3 Å². The van der Waals surface area contributed by atoms with Gasteiger partial charge in [-0.1, -0.05) is 19.1 Å². The SMILES string of the molecule is C#CCOCCc1c[nH]c2ncnc(N[C@@H]3CC[C@H](C)N(C(=O)C=C)C3)c12.C=CC(=O)N1CCC(Oc2cnc3[nH]cc(-c4nnco4)c3n2)CC1. The number of anilines is 1. The smallest absolute Gasteiger partial charge is 0.251 e. The Kier molecular flexibility index (Phi) is 11.5. The van der Waals surface area contributed by atoms with E-state index in [1.165, 1.54) is 24.9 Å². The van der Waals surface area contributed by atoms with Crippen LogP contribution in [0.3, 0.4) is 0 Å². The fourth-order valence-corrected chi connectivity index (χ4v) is 6.37. The number of hydrogen-bond donors (Lipinski definition) is 3. The van der Waals surface area contributed by atoms with Crippen LogP contribution in [0.5, 0.6) is 5.88 Å². The number of amides is 2. The van der Waals surface area contributed by atoms with Crippen molar-refractivity contribution >= 4 is 39.8 Å². The van der Waals surface area contributed by atoms with Crippen molar-refractivity contribution in [3.8, 4) is 29.7 Å². The topological polar surface area (TPSA) is 193 Å². The normalized spacial score (nSPS) is 17.6. The quantitative estimate of drug-likeness (QED) is 0.103. The van der Waals surface area contributed by atoms with Crippen molar-refractivity contribution in [1.29, 1.82) is 0 Å². The zero-order chi connectivity index (χ0) is 36.5. The van der Waals surface area contributed by atoms with E-state index in [0.717, 1.165) is 48.1 Å². The first-order valence-corrected chi connectivity index (χ1v) is 17.1. The van der Waals surface area contributed by atoms with Crippen molar-refractivity contribution in [2.75, 3.05) is 38.2 Å². The zero-order valence-electron chi connectivity index (χ0n) is 29.0. The monoisotopic (exact) mass is 707 g/mol. The van der Waals surface area contributed by atoms with Crippen LogP contribution in [0.25, 0.3) is 33.7 Å². The standard InChI is InChI=1S/C20H25N5O2.C16H16N6O3/c1-4-9-27-10-8-15-11-21-19-18(15)20(23-13-22-19)24-16-7-6-14(3)25(12-16)17(26)5-2;1-2-13(23)22-5-3-10(4-6-22)25-12-8-18-15-14(20-12)11(7-17-15)16-21-19-9-24-16/h1,5,11,13-14,16H,2,6-10,12H2,3H3,(H2,21,22,23,24);2,7-10H,1,3-6H2,(H,17,18)/t14-,16+;/m0./s1. The van der Waals surface area contributed by atoms with E-state index in [1.807, 2.05) is 11.1 Å². The van der Waals surface area contributed by atoms with Crippen LogP contribution >= 0.6 is 0 Å². The first kappa shape index (κ1) is 35.7. The molecule has 7 heterocycles. The molecule has 52 heavy (non-hydrogen) atoms. The molecule has 7 rings (SSSR count). The fraction of sp³-hybridized carbons (Fsp3) is 0.389. The summed E-state index contributed by atoms with van der Waals surface area (Å²) < 4.78 is 16.6. The fourth-order valence-electron chi connectivity index (χ4n) is 6.37. The molecule has 0 spiro atoms. The van der Waals surface area contributed by atoms with Crippen LogP contribution in [0.2, 0.25) is 0 Å². The Hall–Kier alpha value is -6.08. The molecule has 270 valence electrons. The summed E-state index contributed by atoms with van der Waals surface area (Å²) >= 11 is 0. The molecule has 5 aromatic rings. The number of carbonyl (C=O) groups is 2. The van der Waals surface area contributed by atoms with E-state index in [0.29, 0.717) is 67.8 Å². The Bertz CT molecular complexity index is 2040. The molecule has 2 aliphatic heterocycles. The summed E-state index contributed by atoms with van der Waals surface area (Å²) in [6, 6.07) is 0.346. The molecule has 2 fully saturated rings. The molecule has 0 aromatic carbocycles. The van der Waals surface area contributed by atoms with Gasteiger partial charge in [-0.3, -0.25) is 9.59 Å². The van der Waals surface area contributed by atoms with Crippen molar-refractivity contribution in [2.45, 2.75) is 57.2 Å². The lowest BCUT2D eigenvalue weighted by atomic mass is 9.99. The molecule has 2 aliphatic rings. The first-order valence-electron chi connectivity index (χ1n) is 17.1. The third-order valence-corrected chi connectivity index (χ3v) is 9.10. The summed E-state index contributed by atoms with van der Waals surface area (Å²) in [6.07, 6.45) is 20.1. The Labute approximate surface area is 300 Å². The highest BCUT2D eigenvalue weighted by Crippen LogP contribution is 2.28. The van der Waals surface area contributed by atoms with Gasteiger partial charge in [0.15, 0.2) is 5.65 Å². The second-order valence-corrected chi connectivity index (χ2v) is 12.4.